The number of carbonyl (C=O) groups is 2. The van der Waals surface area contributed by atoms with E-state index in [1.807, 2.05) is 30.3 Å². The third-order valence-corrected chi connectivity index (χ3v) is 10.8. The number of halogens is 4. The average molecular weight is 712 g/mol. The van der Waals surface area contributed by atoms with Crippen molar-refractivity contribution < 1.29 is 31.2 Å². The molecule has 49 heavy (non-hydrogen) atoms. The smallest absolute Gasteiger partial charge is 0.352 e. The van der Waals surface area contributed by atoms with E-state index in [4.69, 9.17) is 11.6 Å². The quantitative estimate of drug-likeness (QED) is 0.164. The van der Waals surface area contributed by atoms with Gasteiger partial charge in [0.05, 0.1) is 16.1 Å². The normalized spacial score (nSPS) is 14.3. The fraction of sp³-hybridized carbons (Fsp3) is 0.297. The summed E-state index contributed by atoms with van der Waals surface area (Å²) < 4.78 is 70.5. The van der Waals surface area contributed by atoms with E-state index < -0.39 is 46.2 Å². The van der Waals surface area contributed by atoms with E-state index in [-0.39, 0.29) is 29.6 Å². The van der Waals surface area contributed by atoms with Gasteiger partial charge in [0.25, 0.3) is 10.0 Å². The Morgan fingerprint density at radius 3 is 2.20 bits per heavy atom. The van der Waals surface area contributed by atoms with Crippen LogP contribution in [-0.4, -0.2) is 43.8 Å². The van der Waals surface area contributed by atoms with Crippen molar-refractivity contribution in [1.29, 1.82) is 0 Å². The van der Waals surface area contributed by atoms with Crippen molar-refractivity contribution in [3.63, 3.8) is 0 Å². The van der Waals surface area contributed by atoms with Crippen molar-refractivity contribution in [1.82, 2.24) is 10.2 Å². The third kappa shape index (κ3) is 9.01. The van der Waals surface area contributed by atoms with Crippen molar-refractivity contribution >= 4 is 39.1 Å². The van der Waals surface area contributed by atoms with Crippen LogP contribution in [0.2, 0.25) is 5.02 Å². The summed E-state index contributed by atoms with van der Waals surface area (Å²) in [6.07, 6.45) is -1.17. The Bertz CT molecular complexity index is 1870. The molecule has 0 saturated heterocycles. The fourth-order valence-corrected chi connectivity index (χ4v) is 7.54. The highest BCUT2D eigenvalue weighted by molar-refractivity contribution is 7.92. The number of benzene rings is 4. The van der Waals surface area contributed by atoms with Gasteiger partial charge in [-0.3, -0.25) is 13.9 Å². The SMILES string of the molecule is Cc1ccc(S(=O)(=O)N(CC(=O)N(Cc2ccccc2Cl)C(Cc2ccccc2)C(=O)NC2CCCC2)c2cccc(C(F)(F)F)c2)cc1. The van der Waals surface area contributed by atoms with Gasteiger partial charge in [0.2, 0.25) is 11.8 Å². The number of carbonyl (C=O) groups excluding carboxylic acids is 2. The Morgan fingerprint density at radius 1 is 0.898 bits per heavy atom. The minimum atomic E-state index is -4.77. The first-order valence-electron chi connectivity index (χ1n) is 16.0. The first-order valence-corrected chi connectivity index (χ1v) is 17.8. The third-order valence-electron chi connectivity index (χ3n) is 8.62. The predicted octanol–water partition coefficient (Wildman–Crippen LogP) is 7.56. The number of alkyl halides is 3. The minimum absolute atomic E-state index is 0.0773. The number of anilines is 1. The molecule has 0 aliphatic heterocycles. The number of amides is 2. The number of nitrogens with one attached hydrogen (secondary N) is 1. The number of rotatable bonds is 12. The lowest BCUT2D eigenvalue weighted by Crippen LogP contribution is -2.54. The monoisotopic (exact) mass is 711 g/mol. The Balaban J connectivity index is 1.60. The summed E-state index contributed by atoms with van der Waals surface area (Å²) in [5.74, 6) is -1.21. The lowest BCUT2D eigenvalue weighted by molar-refractivity contribution is -0.140. The highest BCUT2D eigenvalue weighted by Gasteiger charge is 2.37. The lowest BCUT2D eigenvalue weighted by atomic mass is 10.0. The van der Waals surface area contributed by atoms with Crippen LogP contribution in [0.1, 0.15) is 47.9 Å². The zero-order valence-corrected chi connectivity index (χ0v) is 28.4. The van der Waals surface area contributed by atoms with E-state index in [0.29, 0.717) is 21.0 Å². The second-order valence-corrected chi connectivity index (χ2v) is 14.5. The van der Waals surface area contributed by atoms with Gasteiger partial charge in [0.1, 0.15) is 12.6 Å². The van der Waals surface area contributed by atoms with Gasteiger partial charge in [-0.25, -0.2) is 8.42 Å². The molecule has 2 amide bonds. The molecule has 0 radical (unpaired) electrons. The summed E-state index contributed by atoms with van der Waals surface area (Å²) in [7, 11) is -4.57. The fourth-order valence-electron chi connectivity index (χ4n) is 5.94. The van der Waals surface area contributed by atoms with Crippen molar-refractivity contribution in [2.75, 3.05) is 10.8 Å². The van der Waals surface area contributed by atoms with Crippen LogP contribution in [0.15, 0.2) is 108 Å². The molecule has 1 aliphatic carbocycles. The van der Waals surface area contributed by atoms with Gasteiger partial charge in [-0.15, -0.1) is 0 Å². The Labute approximate surface area is 289 Å². The van der Waals surface area contributed by atoms with Crippen LogP contribution in [0.4, 0.5) is 18.9 Å². The summed E-state index contributed by atoms with van der Waals surface area (Å²) in [5, 5.41) is 3.41. The Kier molecular flexibility index (Phi) is 11.3. The maximum Gasteiger partial charge on any atom is 0.416 e. The molecule has 1 atom stereocenters. The van der Waals surface area contributed by atoms with E-state index in [1.54, 1.807) is 43.3 Å². The molecule has 4 aromatic carbocycles. The molecule has 0 bridgehead atoms. The van der Waals surface area contributed by atoms with E-state index in [0.717, 1.165) is 48.9 Å². The first kappa shape index (κ1) is 35.9. The molecule has 7 nitrogen and oxygen atoms in total. The number of aryl methyl sites for hydroxylation is 1. The second-order valence-electron chi connectivity index (χ2n) is 12.2. The number of nitrogens with zero attached hydrogens (tertiary/aromatic N) is 2. The molecule has 1 aliphatic rings. The molecule has 258 valence electrons. The molecule has 1 fully saturated rings. The molecular weight excluding hydrogens is 675 g/mol. The molecule has 0 spiro atoms. The highest BCUT2D eigenvalue weighted by atomic mass is 35.5. The molecule has 1 saturated carbocycles. The van der Waals surface area contributed by atoms with E-state index in [9.17, 15) is 31.2 Å². The minimum Gasteiger partial charge on any atom is -0.352 e. The van der Waals surface area contributed by atoms with Gasteiger partial charge < -0.3 is 10.2 Å². The van der Waals surface area contributed by atoms with Crippen LogP contribution >= 0.6 is 11.6 Å². The largest absolute Gasteiger partial charge is 0.416 e. The van der Waals surface area contributed by atoms with Gasteiger partial charge in [-0.2, -0.15) is 13.2 Å². The van der Waals surface area contributed by atoms with Crippen LogP contribution in [-0.2, 0) is 38.8 Å². The van der Waals surface area contributed by atoms with Gasteiger partial charge in [0, 0.05) is 24.0 Å². The average Bonchev–Trinajstić information content (AvgIpc) is 3.59. The van der Waals surface area contributed by atoms with Crippen molar-refractivity contribution in [3.8, 4) is 0 Å². The van der Waals surface area contributed by atoms with Crippen LogP contribution in [0.25, 0.3) is 0 Å². The zero-order valence-electron chi connectivity index (χ0n) is 26.9. The van der Waals surface area contributed by atoms with E-state index >= 15 is 0 Å². The van der Waals surface area contributed by atoms with E-state index in [1.165, 1.54) is 23.1 Å². The number of hydrogen-bond acceptors (Lipinski definition) is 4. The summed E-state index contributed by atoms with van der Waals surface area (Å²) in [5.41, 5.74) is 0.608. The standard InChI is InChI=1S/C37H37ClF3N3O4S/c1-26-18-20-32(21-19-26)49(47,48)44(31-16-9-13-29(23-31)37(39,40)41)25-35(45)43(24-28-12-5-8-17-33(28)38)34(22-27-10-3-2-4-11-27)36(46)42-30-14-6-7-15-30/h2-5,8-13,16-21,23,30,34H,6-7,14-15,22,24-25H2,1H3,(H,42,46). The summed E-state index contributed by atoms with van der Waals surface area (Å²) >= 11 is 6.53. The van der Waals surface area contributed by atoms with Crippen molar-refractivity contribution in [2.24, 2.45) is 0 Å². The first-order chi connectivity index (χ1) is 23.3. The number of hydrogen-bond donors (Lipinski definition) is 1. The molecule has 12 heteroatoms. The molecule has 5 rings (SSSR count). The number of sulfonamides is 1. The summed E-state index contributed by atoms with van der Waals surface area (Å²) in [6, 6.07) is 24.3. The molecule has 1 N–H and O–H groups in total. The lowest BCUT2D eigenvalue weighted by Gasteiger charge is -2.34. The van der Waals surface area contributed by atoms with Crippen LogP contribution in [0.5, 0.6) is 0 Å². The Morgan fingerprint density at radius 2 is 1.55 bits per heavy atom. The van der Waals surface area contributed by atoms with E-state index in [2.05, 4.69) is 5.32 Å². The molecule has 1 unspecified atom stereocenters. The van der Waals surface area contributed by atoms with Crippen LogP contribution < -0.4 is 9.62 Å². The highest BCUT2D eigenvalue weighted by Crippen LogP contribution is 2.34. The topological polar surface area (TPSA) is 86.8 Å². The van der Waals surface area contributed by atoms with Gasteiger partial charge >= 0.3 is 6.18 Å². The second kappa shape index (κ2) is 15.5. The van der Waals surface area contributed by atoms with Crippen LogP contribution in [0.3, 0.4) is 0 Å². The van der Waals surface area contributed by atoms with Crippen LogP contribution in [0, 0.1) is 6.92 Å². The van der Waals surface area contributed by atoms with Gasteiger partial charge in [-0.1, -0.05) is 96.7 Å². The molecule has 0 heterocycles. The maximum absolute atomic E-state index is 14.6. The summed E-state index contributed by atoms with van der Waals surface area (Å²) in [6.45, 7) is 0.722. The van der Waals surface area contributed by atoms with Crippen molar-refractivity contribution in [3.05, 3.63) is 130 Å². The molecule has 0 aromatic heterocycles. The zero-order chi connectivity index (χ0) is 35.2. The van der Waals surface area contributed by atoms with Crippen molar-refractivity contribution in [2.45, 2.75) is 68.7 Å². The Hall–Kier alpha value is -4.35. The predicted molar refractivity (Wildman–Crippen MR) is 183 cm³/mol. The summed E-state index contributed by atoms with van der Waals surface area (Å²) in [4.78, 5) is 29.8. The van der Waals surface area contributed by atoms with Gasteiger partial charge in [0.15, 0.2) is 0 Å². The molecule has 4 aromatic rings. The van der Waals surface area contributed by atoms with Gasteiger partial charge in [-0.05, 0) is 67.3 Å². The molecular formula is C37H37ClF3N3O4S. The maximum atomic E-state index is 14.6.